The molecule has 2 unspecified atom stereocenters. The van der Waals surface area contributed by atoms with Gasteiger partial charge in [-0.3, -0.25) is 4.90 Å². The van der Waals surface area contributed by atoms with Gasteiger partial charge in [0, 0.05) is 63.0 Å². The van der Waals surface area contributed by atoms with Gasteiger partial charge in [0.15, 0.2) is 0 Å². The van der Waals surface area contributed by atoms with Gasteiger partial charge in [-0.2, -0.15) is 9.97 Å². The summed E-state index contributed by atoms with van der Waals surface area (Å²) in [5, 5.41) is 10.1. The number of hydrogen-bond acceptors (Lipinski definition) is 9. The summed E-state index contributed by atoms with van der Waals surface area (Å²) in [4.78, 5) is 33.9. The number of likely N-dealkylation sites (tertiary alicyclic amines) is 1. The van der Waals surface area contributed by atoms with E-state index in [-0.39, 0.29) is 6.04 Å². The summed E-state index contributed by atoms with van der Waals surface area (Å²) in [6.07, 6.45) is 1.38. The van der Waals surface area contributed by atoms with Crippen LogP contribution in [0.5, 0.6) is 11.9 Å². The summed E-state index contributed by atoms with van der Waals surface area (Å²) in [5.41, 5.74) is 2.71. The molecule has 3 aliphatic rings. The van der Waals surface area contributed by atoms with Gasteiger partial charge in [0.1, 0.15) is 12.4 Å². The predicted molar refractivity (Wildman–Crippen MR) is 138 cm³/mol. The lowest BCUT2D eigenvalue weighted by atomic mass is 10.1. The van der Waals surface area contributed by atoms with Crippen LogP contribution >= 0.6 is 11.6 Å². The second-order valence-corrected chi connectivity index (χ2v) is 10.4. The Morgan fingerprint density at radius 2 is 2.03 bits per heavy atom. The van der Waals surface area contributed by atoms with E-state index in [1.165, 1.54) is 11.3 Å². The molecule has 0 bridgehead atoms. The Balaban J connectivity index is 1.40. The van der Waals surface area contributed by atoms with Gasteiger partial charge in [0.2, 0.25) is 5.88 Å². The Kier molecular flexibility index (Phi) is 7.55. The standard InChI is InChI=1S/C25H34ClN7O4/c1-16-11-32(25(34)35)9-10-33(16)23-18-12-31(14-21-19(26)6-7-22(27-21)36-3)13-20(18)28-24(29-23)37-15-17-5-4-8-30(17)2/h6-7,16-17H,4-5,8-15H2,1-3H3,(H,34,35). The van der Waals surface area contributed by atoms with Gasteiger partial charge < -0.3 is 29.3 Å². The number of anilines is 1. The summed E-state index contributed by atoms with van der Waals surface area (Å²) in [6, 6.07) is 4.25. The normalized spacial score (nSPS) is 22.4. The van der Waals surface area contributed by atoms with Crippen LogP contribution in [0, 0.1) is 0 Å². The van der Waals surface area contributed by atoms with Crippen molar-refractivity contribution in [1.29, 1.82) is 0 Å². The van der Waals surface area contributed by atoms with Crippen molar-refractivity contribution in [3.63, 3.8) is 0 Å². The first kappa shape index (κ1) is 25.7. The van der Waals surface area contributed by atoms with Gasteiger partial charge in [0.25, 0.3) is 0 Å². The number of amides is 1. The van der Waals surface area contributed by atoms with Crippen molar-refractivity contribution in [2.24, 2.45) is 0 Å². The number of rotatable bonds is 7. The van der Waals surface area contributed by atoms with Gasteiger partial charge in [-0.1, -0.05) is 11.6 Å². The lowest BCUT2D eigenvalue weighted by Gasteiger charge is -2.40. The number of carbonyl (C=O) groups is 1. The molecule has 5 rings (SSSR count). The van der Waals surface area contributed by atoms with Crippen molar-refractivity contribution in [1.82, 2.24) is 29.7 Å². The van der Waals surface area contributed by atoms with Crippen molar-refractivity contribution < 1.29 is 19.4 Å². The maximum absolute atomic E-state index is 11.5. The van der Waals surface area contributed by atoms with E-state index < -0.39 is 6.09 Å². The SMILES string of the molecule is COc1ccc(Cl)c(CN2Cc3nc(OCC4CCCN4C)nc(N4CCN(C(=O)O)CC4C)c3C2)n1. The lowest BCUT2D eigenvalue weighted by Crippen LogP contribution is -2.54. The molecule has 1 N–H and O–H groups in total. The Bertz CT molecular complexity index is 1150. The highest BCUT2D eigenvalue weighted by atomic mass is 35.5. The molecule has 2 aromatic heterocycles. The highest BCUT2D eigenvalue weighted by molar-refractivity contribution is 6.31. The molecule has 2 fully saturated rings. The molecule has 12 heteroatoms. The third-order valence-electron chi connectivity index (χ3n) is 7.53. The molecule has 5 heterocycles. The number of piperazine rings is 1. The van der Waals surface area contributed by atoms with Crippen LogP contribution in [0.25, 0.3) is 0 Å². The van der Waals surface area contributed by atoms with Crippen molar-refractivity contribution in [2.75, 3.05) is 51.8 Å². The topological polar surface area (TPSA) is 107 Å². The lowest BCUT2D eigenvalue weighted by molar-refractivity contribution is 0.136. The first-order valence-electron chi connectivity index (χ1n) is 12.7. The molecule has 2 aromatic rings. The number of likely N-dealkylation sites (N-methyl/N-ethyl adjacent to an activating group) is 1. The molecule has 0 saturated carbocycles. The Morgan fingerprint density at radius 3 is 2.73 bits per heavy atom. The molecule has 37 heavy (non-hydrogen) atoms. The zero-order valence-electron chi connectivity index (χ0n) is 21.6. The van der Waals surface area contributed by atoms with Crippen LogP contribution in [0.2, 0.25) is 5.02 Å². The fourth-order valence-corrected chi connectivity index (χ4v) is 5.57. The number of hydrogen-bond donors (Lipinski definition) is 1. The quantitative estimate of drug-likeness (QED) is 0.573. The fraction of sp³-hybridized carbons (Fsp3) is 0.600. The van der Waals surface area contributed by atoms with Crippen molar-refractivity contribution >= 4 is 23.5 Å². The van der Waals surface area contributed by atoms with Gasteiger partial charge in [-0.05, 0) is 39.4 Å². The van der Waals surface area contributed by atoms with Gasteiger partial charge in [0.05, 0.1) is 23.5 Å². The van der Waals surface area contributed by atoms with Gasteiger partial charge >= 0.3 is 12.1 Å². The number of halogens is 1. The Morgan fingerprint density at radius 1 is 1.19 bits per heavy atom. The zero-order chi connectivity index (χ0) is 26.1. The highest BCUT2D eigenvalue weighted by Crippen LogP contribution is 2.34. The maximum atomic E-state index is 11.5. The smallest absolute Gasteiger partial charge is 0.407 e. The molecule has 0 aliphatic carbocycles. The van der Waals surface area contributed by atoms with Crippen molar-refractivity contribution in [2.45, 2.75) is 51.5 Å². The summed E-state index contributed by atoms with van der Waals surface area (Å²) in [6.45, 7) is 6.85. The van der Waals surface area contributed by atoms with E-state index in [0.717, 1.165) is 35.7 Å². The molecular weight excluding hydrogens is 498 g/mol. The van der Waals surface area contributed by atoms with E-state index in [0.29, 0.717) is 68.8 Å². The molecule has 200 valence electrons. The van der Waals surface area contributed by atoms with Gasteiger partial charge in [-0.15, -0.1) is 0 Å². The monoisotopic (exact) mass is 531 g/mol. The predicted octanol–water partition coefficient (Wildman–Crippen LogP) is 2.71. The zero-order valence-corrected chi connectivity index (χ0v) is 22.3. The molecule has 3 aliphatic heterocycles. The van der Waals surface area contributed by atoms with Crippen molar-refractivity contribution in [3.8, 4) is 11.9 Å². The number of fused-ring (bicyclic) bond motifs is 1. The molecule has 0 radical (unpaired) electrons. The molecule has 0 aromatic carbocycles. The number of pyridine rings is 1. The summed E-state index contributed by atoms with van der Waals surface area (Å²) in [7, 11) is 3.71. The third kappa shape index (κ3) is 5.53. The molecular formula is C25H34ClN7O4. The van der Waals surface area contributed by atoms with E-state index in [4.69, 9.17) is 31.0 Å². The average Bonchev–Trinajstić information content (AvgIpc) is 3.48. The van der Waals surface area contributed by atoms with Crippen LogP contribution < -0.4 is 14.4 Å². The Labute approximate surface area is 221 Å². The number of aromatic nitrogens is 3. The van der Waals surface area contributed by atoms with Gasteiger partial charge in [-0.25, -0.2) is 9.78 Å². The molecule has 2 saturated heterocycles. The second kappa shape index (κ2) is 10.8. The maximum Gasteiger partial charge on any atom is 0.407 e. The van der Waals surface area contributed by atoms with Crippen LogP contribution in [0.1, 0.15) is 36.7 Å². The van der Waals surface area contributed by atoms with E-state index in [9.17, 15) is 9.90 Å². The fourth-order valence-electron chi connectivity index (χ4n) is 5.40. The largest absolute Gasteiger partial charge is 0.481 e. The highest BCUT2D eigenvalue weighted by Gasteiger charge is 2.34. The van der Waals surface area contributed by atoms with Crippen LogP contribution in [-0.2, 0) is 19.6 Å². The summed E-state index contributed by atoms with van der Waals surface area (Å²) in [5.74, 6) is 1.35. The van der Waals surface area contributed by atoms with Crippen molar-refractivity contribution in [3.05, 3.63) is 34.1 Å². The minimum absolute atomic E-state index is 0.0267. The van der Waals surface area contributed by atoms with E-state index >= 15 is 0 Å². The number of nitrogens with zero attached hydrogens (tertiary/aromatic N) is 7. The van der Waals surface area contributed by atoms with E-state index in [1.807, 2.05) is 6.92 Å². The summed E-state index contributed by atoms with van der Waals surface area (Å²) >= 11 is 6.44. The van der Waals surface area contributed by atoms with Crippen LogP contribution in [0.3, 0.4) is 0 Å². The number of carboxylic acid groups (broad SMARTS) is 1. The molecule has 2 atom stereocenters. The van der Waals surface area contributed by atoms with E-state index in [2.05, 4.69) is 26.7 Å². The average molecular weight is 532 g/mol. The third-order valence-corrected chi connectivity index (χ3v) is 7.87. The van der Waals surface area contributed by atoms with E-state index in [1.54, 1.807) is 19.2 Å². The summed E-state index contributed by atoms with van der Waals surface area (Å²) < 4.78 is 11.4. The minimum Gasteiger partial charge on any atom is -0.481 e. The van der Waals surface area contributed by atoms with Crippen LogP contribution in [0.15, 0.2) is 12.1 Å². The molecule has 1 amide bonds. The first-order chi connectivity index (χ1) is 17.8. The Hall–Kier alpha value is -2.89. The van der Waals surface area contributed by atoms with Crippen LogP contribution in [0.4, 0.5) is 10.6 Å². The minimum atomic E-state index is -0.891. The first-order valence-corrected chi connectivity index (χ1v) is 13.1. The number of ether oxygens (including phenoxy) is 2. The molecule has 11 nitrogen and oxygen atoms in total. The number of methoxy groups -OCH3 is 1. The second-order valence-electron chi connectivity index (χ2n) is 10.0. The van der Waals surface area contributed by atoms with Crippen LogP contribution in [-0.4, -0.2) is 99.9 Å². The molecule has 0 spiro atoms.